The van der Waals surface area contributed by atoms with Gasteiger partial charge in [-0.25, -0.2) is 0 Å². The van der Waals surface area contributed by atoms with Crippen LogP contribution in [0.4, 0.5) is 0 Å². The molecule has 0 rings (SSSR count). The molecular formula is C49H96N2O7. The van der Waals surface area contributed by atoms with E-state index in [9.17, 15) is 19.2 Å². The van der Waals surface area contributed by atoms with Crippen LogP contribution in [0, 0.1) is 0 Å². The Balaban J connectivity index is -0.000000439. The predicted molar refractivity (Wildman–Crippen MR) is 247 cm³/mol. The van der Waals surface area contributed by atoms with Gasteiger partial charge in [-0.1, -0.05) is 124 Å². The number of ether oxygens (including phenoxy) is 2. The van der Waals surface area contributed by atoms with Crippen molar-refractivity contribution in [2.75, 3.05) is 27.3 Å². The lowest BCUT2D eigenvalue weighted by atomic mass is 10.1. The summed E-state index contributed by atoms with van der Waals surface area (Å²) in [4.78, 5) is 45.6. The molecule has 9 nitrogen and oxygen atoms in total. The van der Waals surface area contributed by atoms with Crippen LogP contribution < -0.4 is 5.32 Å². The van der Waals surface area contributed by atoms with Crippen molar-refractivity contribution in [1.29, 1.82) is 0 Å². The second kappa shape index (κ2) is 50.5. The van der Waals surface area contributed by atoms with Gasteiger partial charge in [-0.2, -0.15) is 0 Å². The zero-order valence-electron chi connectivity index (χ0n) is 38.5. The molecular weight excluding hydrogens is 729 g/mol. The standard InChI is InChI=1S/C24H45NO3.C20H39NO2.C4H8O2.CH4/c1-5-19-23(26)25(22(2)3)21-18-16-14-12-10-8-6-7-9-11-13-15-17-20-24(27)28-4;1-19(2)21-18-16-14-12-10-8-6-4-5-7-9-11-13-15-17-20(22)23-3;1-2-3-4(5)6;/h10,12,22H,5-9,11,13-21H2,1-4H3;8,10,19,21H,4-7,9,11-18H2,1-3H3;2-3H2,1H3,(H,5,6);1H4/b12-10-;10-8-;;. The molecule has 0 bridgehead atoms. The molecule has 0 aliphatic rings. The minimum absolute atomic E-state index is 0. The van der Waals surface area contributed by atoms with Gasteiger partial charge in [0.1, 0.15) is 0 Å². The molecule has 0 saturated heterocycles. The van der Waals surface area contributed by atoms with Crippen LogP contribution in [0.25, 0.3) is 0 Å². The van der Waals surface area contributed by atoms with Crippen molar-refractivity contribution in [3.05, 3.63) is 24.3 Å². The van der Waals surface area contributed by atoms with Crippen LogP contribution >= 0.6 is 0 Å². The van der Waals surface area contributed by atoms with Gasteiger partial charge in [-0.05, 0) is 110 Å². The van der Waals surface area contributed by atoms with Crippen molar-refractivity contribution in [3.8, 4) is 0 Å². The third-order valence-corrected chi connectivity index (χ3v) is 9.53. The SMILES string of the molecule is C.CCCC(=O)N(CCCC/C=C\CCCCCCCCCC(=O)OC)C(C)C.CCCC(=O)O.COC(=O)CCCCCCCCC/C=C\CCCCNC(C)C. The first-order chi connectivity index (χ1) is 27.5. The van der Waals surface area contributed by atoms with E-state index in [4.69, 9.17) is 5.11 Å². The maximum atomic E-state index is 12.1. The quantitative estimate of drug-likeness (QED) is 0.0364. The highest BCUT2D eigenvalue weighted by Crippen LogP contribution is 2.13. The average molecular weight is 825 g/mol. The van der Waals surface area contributed by atoms with E-state index < -0.39 is 5.97 Å². The van der Waals surface area contributed by atoms with Gasteiger partial charge >= 0.3 is 17.9 Å². The summed E-state index contributed by atoms with van der Waals surface area (Å²) in [5.41, 5.74) is 0. The highest BCUT2D eigenvalue weighted by atomic mass is 16.5. The van der Waals surface area contributed by atoms with Crippen molar-refractivity contribution in [3.63, 3.8) is 0 Å². The molecule has 344 valence electrons. The summed E-state index contributed by atoms with van der Waals surface area (Å²) >= 11 is 0. The Labute approximate surface area is 359 Å². The number of carbonyl (C=O) groups excluding carboxylic acids is 3. The number of methoxy groups -OCH3 is 2. The molecule has 1 amide bonds. The molecule has 0 aliphatic heterocycles. The lowest BCUT2D eigenvalue weighted by Gasteiger charge is -2.26. The number of allylic oxidation sites excluding steroid dienone is 4. The number of hydrogen-bond acceptors (Lipinski definition) is 7. The Hall–Kier alpha value is -2.68. The number of nitrogens with one attached hydrogen (secondary N) is 1. The lowest BCUT2D eigenvalue weighted by Crippen LogP contribution is -2.37. The Kier molecular flexibility index (Phi) is 53.9. The number of carboxylic acids is 1. The van der Waals surface area contributed by atoms with E-state index in [0.29, 0.717) is 43.7 Å². The fourth-order valence-electron chi connectivity index (χ4n) is 6.07. The minimum atomic E-state index is -0.711. The first-order valence-electron chi connectivity index (χ1n) is 23.1. The number of aliphatic carboxylic acids is 1. The highest BCUT2D eigenvalue weighted by molar-refractivity contribution is 5.76. The maximum absolute atomic E-state index is 12.1. The number of rotatable bonds is 36. The smallest absolute Gasteiger partial charge is 0.305 e. The Bertz CT molecular complexity index is 965. The van der Waals surface area contributed by atoms with E-state index in [1.54, 1.807) is 0 Å². The lowest BCUT2D eigenvalue weighted by molar-refractivity contribution is -0.141. The topological polar surface area (TPSA) is 122 Å². The third kappa shape index (κ3) is 53.3. The molecule has 0 heterocycles. The largest absolute Gasteiger partial charge is 0.481 e. The second-order valence-electron chi connectivity index (χ2n) is 15.8. The van der Waals surface area contributed by atoms with E-state index in [1.807, 2.05) is 11.8 Å². The van der Waals surface area contributed by atoms with E-state index in [2.05, 4.69) is 73.7 Å². The summed E-state index contributed by atoms with van der Waals surface area (Å²) in [6, 6.07) is 0.917. The molecule has 0 aromatic heterocycles. The summed E-state index contributed by atoms with van der Waals surface area (Å²) < 4.78 is 9.27. The third-order valence-electron chi connectivity index (χ3n) is 9.53. The fraction of sp³-hybridized carbons (Fsp3) is 0.837. The summed E-state index contributed by atoms with van der Waals surface area (Å²) in [5, 5.41) is 11.4. The van der Waals surface area contributed by atoms with Gasteiger partial charge in [-0.15, -0.1) is 0 Å². The van der Waals surface area contributed by atoms with Crippen LogP contribution in [0.1, 0.15) is 229 Å². The number of carboxylic acid groups (broad SMARTS) is 1. The summed E-state index contributed by atoms with van der Waals surface area (Å²) in [7, 11) is 2.91. The summed E-state index contributed by atoms with van der Waals surface area (Å²) in [5.74, 6) is -0.573. The van der Waals surface area contributed by atoms with Crippen molar-refractivity contribution in [2.45, 2.75) is 241 Å². The first-order valence-corrected chi connectivity index (χ1v) is 23.1. The van der Waals surface area contributed by atoms with Gasteiger partial charge in [-0.3, -0.25) is 19.2 Å². The monoisotopic (exact) mass is 825 g/mol. The Morgan fingerprint density at radius 1 is 0.534 bits per heavy atom. The summed E-state index contributed by atoms with van der Waals surface area (Å²) in [6.07, 6.45) is 39.7. The predicted octanol–water partition coefficient (Wildman–Crippen LogP) is 13.3. The van der Waals surface area contributed by atoms with Crippen molar-refractivity contribution >= 4 is 23.8 Å². The van der Waals surface area contributed by atoms with E-state index >= 15 is 0 Å². The molecule has 58 heavy (non-hydrogen) atoms. The van der Waals surface area contributed by atoms with E-state index in [0.717, 1.165) is 70.9 Å². The molecule has 0 unspecified atom stereocenters. The van der Waals surface area contributed by atoms with Crippen LogP contribution in [-0.4, -0.2) is 73.2 Å². The van der Waals surface area contributed by atoms with Gasteiger partial charge in [0, 0.05) is 44.3 Å². The number of unbranched alkanes of at least 4 members (excludes halogenated alkanes) is 18. The van der Waals surface area contributed by atoms with Crippen molar-refractivity contribution in [1.82, 2.24) is 10.2 Å². The van der Waals surface area contributed by atoms with Crippen LogP contribution in [0.15, 0.2) is 24.3 Å². The first kappa shape index (κ1) is 62.0. The Morgan fingerprint density at radius 3 is 1.22 bits per heavy atom. The molecule has 0 aromatic carbocycles. The van der Waals surface area contributed by atoms with Crippen molar-refractivity contribution in [2.24, 2.45) is 0 Å². The average Bonchev–Trinajstić information content (AvgIpc) is 3.17. The van der Waals surface area contributed by atoms with Gasteiger partial charge in [0.05, 0.1) is 14.2 Å². The molecule has 2 N–H and O–H groups in total. The number of amides is 1. The highest BCUT2D eigenvalue weighted by Gasteiger charge is 2.14. The van der Waals surface area contributed by atoms with Crippen LogP contribution in [0.5, 0.6) is 0 Å². The molecule has 0 aliphatic carbocycles. The zero-order valence-corrected chi connectivity index (χ0v) is 38.5. The fourth-order valence-corrected chi connectivity index (χ4v) is 6.07. The van der Waals surface area contributed by atoms with Gasteiger partial charge in [0.2, 0.25) is 5.91 Å². The molecule has 0 aromatic rings. The van der Waals surface area contributed by atoms with Gasteiger partial charge in [0.25, 0.3) is 0 Å². The van der Waals surface area contributed by atoms with Crippen LogP contribution in [0.3, 0.4) is 0 Å². The summed E-state index contributed by atoms with van der Waals surface area (Å²) in [6.45, 7) is 14.5. The van der Waals surface area contributed by atoms with E-state index in [1.165, 1.54) is 111 Å². The van der Waals surface area contributed by atoms with E-state index in [-0.39, 0.29) is 19.4 Å². The minimum Gasteiger partial charge on any atom is -0.481 e. The normalized spacial score (nSPS) is 10.9. The maximum Gasteiger partial charge on any atom is 0.305 e. The van der Waals surface area contributed by atoms with Gasteiger partial charge in [0.15, 0.2) is 0 Å². The number of esters is 2. The number of carbonyl (C=O) groups is 4. The van der Waals surface area contributed by atoms with Gasteiger partial charge < -0.3 is 24.8 Å². The molecule has 0 spiro atoms. The second-order valence-corrected chi connectivity index (χ2v) is 15.8. The molecule has 0 atom stereocenters. The van der Waals surface area contributed by atoms with Crippen LogP contribution in [0.2, 0.25) is 0 Å². The molecule has 0 fully saturated rings. The number of nitrogens with zero attached hydrogens (tertiary/aromatic N) is 1. The zero-order chi connectivity index (χ0) is 43.2. The Morgan fingerprint density at radius 2 is 0.897 bits per heavy atom. The molecule has 0 radical (unpaired) electrons. The molecule has 9 heteroatoms. The van der Waals surface area contributed by atoms with Crippen LogP contribution in [-0.2, 0) is 28.7 Å². The molecule has 0 saturated carbocycles. The van der Waals surface area contributed by atoms with Crippen molar-refractivity contribution < 1.29 is 33.8 Å². The number of hydrogen-bond donors (Lipinski definition) is 2.